The lowest BCUT2D eigenvalue weighted by Crippen LogP contribution is -2.48. The van der Waals surface area contributed by atoms with E-state index in [4.69, 9.17) is 9.62 Å². The van der Waals surface area contributed by atoms with Crippen molar-refractivity contribution in [1.82, 2.24) is 0 Å². The molecule has 1 fully saturated rings. The van der Waals surface area contributed by atoms with Gasteiger partial charge >= 0.3 is 5.97 Å². The lowest BCUT2D eigenvalue weighted by molar-refractivity contribution is -0.301. The van der Waals surface area contributed by atoms with Crippen molar-refractivity contribution >= 4 is 5.97 Å². The van der Waals surface area contributed by atoms with Gasteiger partial charge in [0.15, 0.2) is 0 Å². The number of carbonyl (C=O) groups excluding carboxylic acids is 1. The van der Waals surface area contributed by atoms with Gasteiger partial charge in [-0.2, -0.15) is 0 Å². The molecule has 0 saturated heterocycles. The SMILES string of the molecule is COC(=O)[C@@H]1CCC[C@]2(C)[C@@H]1CC=C1C=C(C(C)(C)OO)CC[C@@H]12. The number of rotatable bonds is 3. The minimum atomic E-state index is -0.634. The van der Waals surface area contributed by atoms with Crippen molar-refractivity contribution in [3.05, 3.63) is 23.3 Å². The first kappa shape index (κ1) is 17.7. The van der Waals surface area contributed by atoms with Gasteiger partial charge in [0.1, 0.15) is 5.60 Å². The number of fused-ring (bicyclic) bond motifs is 3. The van der Waals surface area contributed by atoms with E-state index in [1.54, 1.807) is 0 Å². The summed E-state index contributed by atoms with van der Waals surface area (Å²) in [4.78, 5) is 16.9. The molecule has 1 N–H and O–H groups in total. The van der Waals surface area contributed by atoms with Gasteiger partial charge in [-0.3, -0.25) is 10.1 Å². The Morgan fingerprint density at radius 2 is 2.12 bits per heavy atom. The Morgan fingerprint density at radius 1 is 1.38 bits per heavy atom. The van der Waals surface area contributed by atoms with Gasteiger partial charge in [0, 0.05) is 0 Å². The summed E-state index contributed by atoms with van der Waals surface area (Å²) in [6.45, 7) is 6.18. The second kappa shape index (κ2) is 6.30. The molecule has 24 heavy (non-hydrogen) atoms. The van der Waals surface area contributed by atoms with Crippen molar-refractivity contribution in [2.75, 3.05) is 7.11 Å². The Hall–Kier alpha value is -1.13. The quantitative estimate of drug-likeness (QED) is 0.468. The molecule has 3 rings (SSSR count). The van der Waals surface area contributed by atoms with Crippen LogP contribution in [0.2, 0.25) is 0 Å². The van der Waals surface area contributed by atoms with Crippen molar-refractivity contribution in [3.63, 3.8) is 0 Å². The van der Waals surface area contributed by atoms with E-state index in [1.807, 2.05) is 13.8 Å². The van der Waals surface area contributed by atoms with E-state index in [2.05, 4.69) is 19.1 Å². The zero-order valence-corrected chi connectivity index (χ0v) is 15.3. The van der Waals surface area contributed by atoms with Crippen molar-refractivity contribution in [2.45, 2.75) is 64.9 Å². The van der Waals surface area contributed by atoms with Crippen LogP contribution in [-0.2, 0) is 14.4 Å². The zero-order chi connectivity index (χ0) is 17.5. The summed E-state index contributed by atoms with van der Waals surface area (Å²) in [6.07, 6.45) is 10.7. The van der Waals surface area contributed by atoms with E-state index >= 15 is 0 Å². The van der Waals surface area contributed by atoms with E-state index in [0.29, 0.717) is 11.8 Å². The van der Waals surface area contributed by atoms with Gasteiger partial charge in [-0.25, -0.2) is 4.89 Å². The Morgan fingerprint density at radius 3 is 2.79 bits per heavy atom. The van der Waals surface area contributed by atoms with Gasteiger partial charge in [0.2, 0.25) is 0 Å². The molecule has 0 aromatic rings. The lowest BCUT2D eigenvalue weighted by atomic mass is 9.50. The molecule has 1 saturated carbocycles. The van der Waals surface area contributed by atoms with Crippen LogP contribution in [0.25, 0.3) is 0 Å². The fraction of sp³-hybridized carbons (Fsp3) is 0.750. The predicted octanol–water partition coefficient (Wildman–Crippen LogP) is 4.52. The highest BCUT2D eigenvalue weighted by Crippen LogP contribution is 2.58. The molecule has 0 unspecified atom stereocenters. The van der Waals surface area contributed by atoms with Gasteiger partial charge in [-0.15, -0.1) is 0 Å². The van der Waals surface area contributed by atoms with Gasteiger partial charge in [0.05, 0.1) is 13.0 Å². The summed E-state index contributed by atoms with van der Waals surface area (Å²) in [5, 5.41) is 9.19. The minimum absolute atomic E-state index is 0.0362. The molecule has 0 radical (unpaired) electrons. The third-order valence-corrected chi connectivity index (χ3v) is 6.92. The van der Waals surface area contributed by atoms with E-state index in [1.165, 1.54) is 19.1 Å². The number of carbonyl (C=O) groups is 1. The highest BCUT2D eigenvalue weighted by atomic mass is 17.1. The van der Waals surface area contributed by atoms with Crippen LogP contribution < -0.4 is 0 Å². The standard InChI is InChI=1S/C20H30O4/c1-19(2,24-22)14-8-10-16-13(12-14)7-9-17-15(18(21)23-4)6-5-11-20(16,17)3/h7,12,15-17,22H,5-6,8-11H2,1-4H3/t15-,16+,17-,20+/m1/s1. The number of methoxy groups -OCH3 is 1. The first-order valence-electron chi connectivity index (χ1n) is 9.15. The summed E-state index contributed by atoms with van der Waals surface area (Å²) in [5.41, 5.74) is 2.04. The van der Waals surface area contributed by atoms with Gasteiger partial charge in [-0.1, -0.05) is 25.5 Å². The van der Waals surface area contributed by atoms with E-state index in [9.17, 15) is 10.1 Å². The highest BCUT2D eigenvalue weighted by Gasteiger charge is 2.52. The zero-order valence-electron chi connectivity index (χ0n) is 15.3. The van der Waals surface area contributed by atoms with Gasteiger partial charge < -0.3 is 4.74 Å². The van der Waals surface area contributed by atoms with Crippen LogP contribution in [0.3, 0.4) is 0 Å². The second-order valence-electron chi connectivity index (χ2n) is 8.44. The second-order valence-corrected chi connectivity index (χ2v) is 8.44. The summed E-state index contributed by atoms with van der Waals surface area (Å²) >= 11 is 0. The van der Waals surface area contributed by atoms with Crippen LogP contribution >= 0.6 is 0 Å². The topological polar surface area (TPSA) is 55.8 Å². The predicted molar refractivity (Wildman–Crippen MR) is 92.3 cm³/mol. The molecule has 0 aromatic heterocycles. The fourth-order valence-electron chi connectivity index (χ4n) is 5.40. The molecule has 0 spiro atoms. The van der Waals surface area contributed by atoms with Crippen LogP contribution in [0.5, 0.6) is 0 Å². The van der Waals surface area contributed by atoms with Crippen molar-refractivity contribution in [1.29, 1.82) is 0 Å². The van der Waals surface area contributed by atoms with Crippen LogP contribution in [0, 0.1) is 23.2 Å². The van der Waals surface area contributed by atoms with Crippen molar-refractivity contribution < 1.29 is 19.7 Å². The van der Waals surface area contributed by atoms with Crippen molar-refractivity contribution in [2.24, 2.45) is 23.2 Å². The molecule has 0 bridgehead atoms. The summed E-state index contributed by atoms with van der Waals surface area (Å²) in [5.74, 6) is 0.866. The number of ether oxygens (including phenoxy) is 1. The Labute approximate surface area is 144 Å². The van der Waals surface area contributed by atoms with Crippen LogP contribution in [0.15, 0.2) is 23.3 Å². The molecule has 4 nitrogen and oxygen atoms in total. The number of hydrogen-bond donors (Lipinski definition) is 1. The first-order chi connectivity index (χ1) is 11.3. The molecule has 4 atom stereocenters. The maximum absolute atomic E-state index is 12.2. The summed E-state index contributed by atoms with van der Waals surface area (Å²) in [7, 11) is 1.50. The third-order valence-electron chi connectivity index (χ3n) is 6.92. The van der Waals surface area contributed by atoms with Gasteiger partial charge in [0.25, 0.3) is 0 Å². The van der Waals surface area contributed by atoms with Crippen LogP contribution in [-0.4, -0.2) is 23.9 Å². The van der Waals surface area contributed by atoms with Gasteiger partial charge in [-0.05, 0) is 74.3 Å². The normalized spacial score (nSPS) is 36.1. The third kappa shape index (κ3) is 2.74. The van der Waals surface area contributed by atoms with Crippen LogP contribution in [0.1, 0.15) is 59.3 Å². The molecule has 4 heteroatoms. The Bertz CT molecular complexity index is 574. The monoisotopic (exact) mass is 334 g/mol. The Balaban J connectivity index is 1.93. The maximum atomic E-state index is 12.2. The minimum Gasteiger partial charge on any atom is -0.469 e. The van der Waals surface area contributed by atoms with E-state index in [0.717, 1.165) is 37.7 Å². The number of hydrogen-bond acceptors (Lipinski definition) is 4. The fourth-order valence-corrected chi connectivity index (χ4v) is 5.40. The van der Waals surface area contributed by atoms with Crippen LogP contribution in [0.4, 0.5) is 0 Å². The molecule has 3 aliphatic carbocycles. The maximum Gasteiger partial charge on any atom is 0.308 e. The average molecular weight is 334 g/mol. The molecule has 0 aromatic carbocycles. The summed E-state index contributed by atoms with van der Waals surface area (Å²) < 4.78 is 5.08. The smallest absolute Gasteiger partial charge is 0.308 e. The van der Waals surface area contributed by atoms with Crippen molar-refractivity contribution in [3.8, 4) is 0 Å². The molecule has 0 aliphatic heterocycles. The van der Waals surface area contributed by atoms with E-state index in [-0.39, 0.29) is 17.3 Å². The molecular weight excluding hydrogens is 304 g/mol. The molecule has 0 amide bonds. The molecule has 134 valence electrons. The lowest BCUT2D eigenvalue weighted by Gasteiger charge is -2.54. The highest BCUT2D eigenvalue weighted by molar-refractivity contribution is 5.73. The average Bonchev–Trinajstić information content (AvgIpc) is 2.59. The first-order valence-corrected chi connectivity index (χ1v) is 9.15. The molecule has 0 heterocycles. The molecular formula is C20H30O4. The largest absolute Gasteiger partial charge is 0.469 e. The number of esters is 1. The number of allylic oxidation sites excluding steroid dienone is 3. The Kier molecular flexibility index (Phi) is 4.65. The molecule has 3 aliphatic rings. The van der Waals surface area contributed by atoms with E-state index < -0.39 is 5.60 Å². The summed E-state index contributed by atoms with van der Waals surface area (Å²) in [6, 6.07) is 0.